The van der Waals surface area contributed by atoms with Crippen molar-refractivity contribution in [1.29, 1.82) is 0 Å². The molecular weight excluding hydrogens is 314 g/mol. The van der Waals surface area contributed by atoms with E-state index in [0.717, 1.165) is 30.4 Å². The number of aromatic nitrogens is 2. The number of imidazole rings is 1. The summed E-state index contributed by atoms with van der Waals surface area (Å²) >= 11 is 3.58. The van der Waals surface area contributed by atoms with Gasteiger partial charge in [0.25, 0.3) is 0 Å². The van der Waals surface area contributed by atoms with Gasteiger partial charge in [0.1, 0.15) is 5.82 Å². The van der Waals surface area contributed by atoms with E-state index in [1.807, 2.05) is 7.05 Å². The van der Waals surface area contributed by atoms with Gasteiger partial charge >= 0.3 is 0 Å². The molecule has 0 atom stereocenters. The molecule has 4 heteroatoms. The van der Waals surface area contributed by atoms with Crippen LogP contribution in [0.25, 0.3) is 11.3 Å². The van der Waals surface area contributed by atoms with Gasteiger partial charge < -0.3 is 9.88 Å². The number of benzene rings is 1. The third-order valence-corrected chi connectivity index (χ3v) is 4.49. The van der Waals surface area contributed by atoms with Crippen LogP contribution in [0.4, 0.5) is 0 Å². The molecule has 0 saturated carbocycles. The number of likely N-dealkylation sites (N-methyl/N-ethyl adjacent to an activating group) is 1. The molecule has 3 nitrogen and oxygen atoms in total. The van der Waals surface area contributed by atoms with Crippen LogP contribution in [0.2, 0.25) is 0 Å². The van der Waals surface area contributed by atoms with Crippen molar-refractivity contribution in [2.45, 2.75) is 32.7 Å². The Morgan fingerprint density at radius 3 is 3.05 bits per heavy atom. The lowest BCUT2D eigenvalue weighted by Crippen LogP contribution is -2.13. The molecule has 0 amide bonds. The number of aryl methyl sites for hydroxylation is 1. The number of fused-ring (bicyclic) bond motifs is 1. The third kappa shape index (κ3) is 2.42. The molecule has 0 spiro atoms. The van der Waals surface area contributed by atoms with Crippen molar-refractivity contribution < 1.29 is 0 Å². The summed E-state index contributed by atoms with van der Waals surface area (Å²) in [5.41, 5.74) is 5.16. The van der Waals surface area contributed by atoms with E-state index >= 15 is 0 Å². The molecule has 1 aliphatic rings. The van der Waals surface area contributed by atoms with Crippen LogP contribution < -0.4 is 5.32 Å². The van der Waals surface area contributed by atoms with Crippen LogP contribution in [0.1, 0.15) is 23.5 Å². The van der Waals surface area contributed by atoms with Crippen LogP contribution in [-0.4, -0.2) is 23.1 Å². The van der Waals surface area contributed by atoms with Crippen molar-refractivity contribution in [3.05, 3.63) is 39.8 Å². The van der Waals surface area contributed by atoms with Crippen LogP contribution >= 0.6 is 15.9 Å². The van der Waals surface area contributed by atoms with Crippen LogP contribution in [0.15, 0.2) is 22.7 Å². The van der Waals surface area contributed by atoms with E-state index in [4.69, 9.17) is 4.98 Å². The molecule has 2 aromatic rings. The van der Waals surface area contributed by atoms with E-state index in [1.54, 1.807) is 0 Å². The molecule has 0 fully saturated rings. The fraction of sp³-hybridized carbons (Fsp3) is 0.438. The number of nitrogens with zero attached hydrogens (tertiary/aromatic N) is 2. The smallest absolute Gasteiger partial charge is 0.110 e. The zero-order chi connectivity index (χ0) is 14.1. The summed E-state index contributed by atoms with van der Waals surface area (Å²) < 4.78 is 3.54. The molecule has 0 bridgehead atoms. The molecule has 0 unspecified atom stereocenters. The van der Waals surface area contributed by atoms with E-state index in [1.165, 1.54) is 34.8 Å². The Hall–Kier alpha value is -1.13. The highest BCUT2D eigenvalue weighted by Crippen LogP contribution is 2.33. The summed E-state index contributed by atoms with van der Waals surface area (Å²) in [4.78, 5) is 4.94. The number of rotatable bonds is 4. The van der Waals surface area contributed by atoms with Gasteiger partial charge in [0.05, 0.1) is 5.69 Å². The first-order valence-electron chi connectivity index (χ1n) is 7.20. The van der Waals surface area contributed by atoms with Crippen molar-refractivity contribution in [2.24, 2.45) is 0 Å². The van der Waals surface area contributed by atoms with Crippen molar-refractivity contribution >= 4 is 15.9 Å². The molecule has 2 heterocycles. The zero-order valence-electron chi connectivity index (χ0n) is 12.0. The Morgan fingerprint density at radius 2 is 2.25 bits per heavy atom. The first-order valence-corrected chi connectivity index (χ1v) is 7.99. The normalized spacial score (nSPS) is 13.8. The minimum Gasteiger partial charge on any atom is -0.331 e. The lowest BCUT2D eigenvalue weighted by Gasteiger charge is -2.05. The first-order chi connectivity index (χ1) is 9.70. The van der Waals surface area contributed by atoms with Gasteiger partial charge in [-0.3, -0.25) is 0 Å². The summed E-state index contributed by atoms with van der Waals surface area (Å²) in [6.07, 6.45) is 3.38. The standard InChI is InChI=1S/C16H20BrN3/c1-11-5-6-12(17)10-13(11)16-14-4-3-9-20(14)15(19-16)7-8-18-2/h5-6,10,18H,3-4,7-9H2,1-2H3. The highest BCUT2D eigenvalue weighted by atomic mass is 79.9. The molecule has 1 aromatic heterocycles. The van der Waals surface area contributed by atoms with Crippen molar-refractivity contribution in [1.82, 2.24) is 14.9 Å². The van der Waals surface area contributed by atoms with Crippen molar-refractivity contribution in [3.8, 4) is 11.3 Å². The monoisotopic (exact) mass is 333 g/mol. The van der Waals surface area contributed by atoms with Gasteiger partial charge in [-0.25, -0.2) is 4.98 Å². The van der Waals surface area contributed by atoms with Crippen LogP contribution in [0.5, 0.6) is 0 Å². The van der Waals surface area contributed by atoms with Crippen molar-refractivity contribution in [3.63, 3.8) is 0 Å². The Morgan fingerprint density at radius 1 is 1.40 bits per heavy atom. The Kier molecular flexibility index (Phi) is 3.94. The average Bonchev–Trinajstić information content (AvgIpc) is 3.02. The predicted octanol–water partition coefficient (Wildman–Crippen LogP) is 3.33. The largest absolute Gasteiger partial charge is 0.331 e. The van der Waals surface area contributed by atoms with Gasteiger partial charge in [-0.15, -0.1) is 0 Å². The fourth-order valence-corrected chi connectivity index (χ4v) is 3.31. The molecule has 3 rings (SSSR count). The molecule has 20 heavy (non-hydrogen) atoms. The fourth-order valence-electron chi connectivity index (χ4n) is 2.95. The van der Waals surface area contributed by atoms with Gasteiger partial charge in [0, 0.05) is 35.2 Å². The van der Waals surface area contributed by atoms with Crippen molar-refractivity contribution in [2.75, 3.05) is 13.6 Å². The second-order valence-corrected chi connectivity index (χ2v) is 6.31. The second kappa shape index (κ2) is 5.70. The number of hydrogen-bond acceptors (Lipinski definition) is 2. The van der Waals surface area contributed by atoms with E-state index in [9.17, 15) is 0 Å². The zero-order valence-corrected chi connectivity index (χ0v) is 13.6. The highest BCUT2D eigenvalue weighted by molar-refractivity contribution is 9.10. The van der Waals surface area contributed by atoms with E-state index in [-0.39, 0.29) is 0 Å². The molecule has 106 valence electrons. The molecular formula is C16H20BrN3. The first kappa shape index (κ1) is 13.8. The molecule has 0 aliphatic carbocycles. The van der Waals surface area contributed by atoms with Crippen LogP contribution in [0, 0.1) is 6.92 Å². The summed E-state index contributed by atoms with van der Waals surface area (Å²) in [7, 11) is 1.99. The Labute approximate surface area is 128 Å². The molecule has 1 N–H and O–H groups in total. The molecule has 1 aliphatic heterocycles. The Balaban J connectivity index is 2.07. The van der Waals surface area contributed by atoms with Gasteiger partial charge in [-0.1, -0.05) is 22.0 Å². The van der Waals surface area contributed by atoms with E-state index < -0.39 is 0 Å². The third-order valence-electron chi connectivity index (χ3n) is 4.00. The van der Waals surface area contributed by atoms with Gasteiger partial charge in [0.15, 0.2) is 0 Å². The number of nitrogens with one attached hydrogen (secondary N) is 1. The quantitative estimate of drug-likeness (QED) is 0.930. The van der Waals surface area contributed by atoms with E-state index in [0.29, 0.717) is 0 Å². The minimum absolute atomic E-state index is 0.980. The summed E-state index contributed by atoms with van der Waals surface area (Å²) in [5, 5.41) is 3.22. The lowest BCUT2D eigenvalue weighted by molar-refractivity contribution is 0.663. The topological polar surface area (TPSA) is 29.9 Å². The van der Waals surface area contributed by atoms with Crippen LogP contribution in [0.3, 0.4) is 0 Å². The summed E-state index contributed by atoms with van der Waals surface area (Å²) in [5.74, 6) is 1.22. The highest BCUT2D eigenvalue weighted by Gasteiger charge is 2.22. The molecule has 0 radical (unpaired) electrons. The SMILES string of the molecule is CNCCc1nc(-c2cc(Br)ccc2C)c2n1CCC2. The van der Waals surface area contributed by atoms with Gasteiger partial charge in [0.2, 0.25) is 0 Å². The average molecular weight is 334 g/mol. The summed E-state index contributed by atoms with van der Waals surface area (Å²) in [6, 6.07) is 6.45. The predicted molar refractivity (Wildman–Crippen MR) is 86.1 cm³/mol. The molecule has 0 saturated heterocycles. The minimum atomic E-state index is 0.980. The lowest BCUT2D eigenvalue weighted by atomic mass is 10.0. The second-order valence-electron chi connectivity index (χ2n) is 5.39. The Bertz CT molecular complexity index is 631. The van der Waals surface area contributed by atoms with Gasteiger partial charge in [-0.05, 0) is 44.5 Å². The van der Waals surface area contributed by atoms with Crippen LogP contribution in [-0.2, 0) is 19.4 Å². The summed E-state index contributed by atoms with van der Waals surface area (Å²) in [6.45, 7) is 4.26. The molecule has 1 aromatic carbocycles. The maximum atomic E-state index is 4.94. The maximum absolute atomic E-state index is 4.94. The maximum Gasteiger partial charge on any atom is 0.110 e. The number of halogens is 1. The van der Waals surface area contributed by atoms with E-state index in [2.05, 4.69) is 50.9 Å². The number of hydrogen-bond donors (Lipinski definition) is 1. The van der Waals surface area contributed by atoms with Gasteiger partial charge in [-0.2, -0.15) is 0 Å².